The lowest BCUT2D eigenvalue weighted by Crippen LogP contribution is -2.44. The third-order valence-corrected chi connectivity index (χ3v) is 13.7. The van der Waals surface area contributed by atoms with Crippen LogP contribution in [0.25, 0.3) is 56.2 Å². The molecule has 0 bridgehead atoms. The van der Waals surface area contributed by atoms with Gasteiger partial charge in [0, 0.05) is 16.7 Å². The zero-order chi connectivity index (χ0) is 42.0. The Bertz CT molecular complexity index is 3130. The lowest BCUT2D eigenvalue weighted by Gasteiger charge is -2.50. The normalized spacial score (nSPS) is 15.4. The molecule has 3 aliphatic carbocycles. The smallest absolute Gasteiger partial charge is 0.160 e. The van der Waals surface area contributed by atoms with E-state index in [9.17, 15) is 0 Å². The topological polar surface area (TPSA) is 25.8 Å². The molecule has 8 aromatic rings. The molecule has 0 saturated carbocycles. The summed E-state index contributed by atoms with van der Waals surface area (Å²) in [5.74, 6) is 0.707. The van der Waals surface area contributed by atoms with Crippen LogP contribution in [0.1, 0.15) is 61.1 Å². The Labute approximate surface area is 365 Å². The van der Waals surface area contributed by atoms with Crippen molar-refractivity contribution in [3.05, 3.63) is 262 Å². The molecule has 0 amide bonds. The predicted octanol–water partition coefficient (Wildman–Crippen LogP) is 14.9. The van der Waals surface area contributed by atoms with Crippen molar-refractivity contribution in [3.63, 3.8) is 0 Å². The van der Waals surface area contributed by atoms with Crippen molar-refractivity contribution in [1.82, 2.24) is 9.97 Å². The quantitative estimate of drug-likeness (QED) is 0.168. The van der Waals surface area contributed by atoms with Gasteiger partial charge in [0.2, 0.25) is 0 Å². The molecular formula is C60H46N2. The van der Waals surface area contributed by atoms with Gasteiger partial charge >= 0.3 is 0 Å². The highest BCUT2D eigenvalue weighted by atomic mass is 14.9. The van der Waals surface area contributed by atoms with Crippen molar-refractivity contribution >= 4 is 0 Å². The van der Waals surface area contributed by atoms with E-state index >= 15 is 0 Å². The van der Waals surface area contributed by atoms with Gasteiger partial charge < -0.3 is 0 Å². The van der Waals surface area contributed by atoms with Crippen LogP contribution in [0.4, 0.5) is 0 Å². The van der Waals surface area contributed by atoms with Crippen LogP contribution in [-0.4, -0.2) is 9.97 Å². The van der Waals surface area contributed by atoms with E-state index in [1.165, 1.54) is 72.4 Å². The van der Waals surface area contributed by atoms with Crippen molar-refractivity contribution in [3.8, 4) is 56.2 Å². The van der Waals surface area contributed by atoms with Crippen LogP contribution in [0, 0.1) is 0 Å². The monoisotopic (exact) mass is 794 g/mol. The molecule has 0 unspecified atom stereocenters. The molecule has 0 saturated heterocycles. The zero-order valence-corrected chi connectivity index (χ0v) is 35.5. The minimum Gasteiger partial charge on any atom is -0.228 e. The minimum absolute atomic E-state index is 0.600. The maximum atomic E-state index is 5.66. The first-order chi connectivity index (χ1) is 30.5. The average molecular weight is 795 g/mol. The fourth-order valence-corrected chi connectivity index (χ4v) is 11.2. The molecule has 0 fully saturated rings. The van der Waals surface area contributed by atoms with Crippen molar-refractivity contribution in [2.75, 3.05) is 0 Å². The van der Waals surface area contributed by atoms with Crippen LogP contribution in [0.5, 0.6) is 0 Å². The molecule has 3 aliphatic rings. The Morgan fingerprint density at radius 3 is 1.40 bits per heavy atom. The summed E-state index contributed by atoms with van der Waals surface area (Å²) in [6, 6.07) is 66.4. The van der Waals surface area contributed by atoms with E-state index in [1.54, 1.807) is 0 Å². The first-order valence-corrected chi connectivity index (χ1v) is 21.7. The molecule has 0 radical (unpaired) electrons. The van der Waals surface area contributed by atoms with Crippen molar-refractivity contribution in [2.24, 2.45) is 0 Å². The van der Waals surface area contributed by atoms with Gasteiger partial charge in [0.25, 0.3) is 0 Å². The van der Waals surface area contributed by atoms with Crippen LogP contribution >= 0.6 is 0 Å². The van der Waals surface area contributed by atoms with Crippen molar-refractivity contribution in [1.29, 1.82) is 0 Å². The first-order valence-electron chi connectivity index (χ1n) is 21.7. The molecule has 62 heavy (non-hydrogen) atoms. The largest absolute Gasteiger partial charge is 0.228 e. The molecule has 2 nitrogen and oxygen atoms in total. The summed E-state index contributed by atoms with van der Waals surface area (Å²) in [4.78, 5) is 11.3. The van der Waals surface area contributed by atoms with E-state index in [2.05, 4.69) is 234 Å². The summed E-state index contributed by atoms with van der Waals surface area (Å²) in [6.45, 7) is 8.90. The summed E-state index contributed by atoms with van der Waals surface area (Å²) >= 11 is 0. The Balaban J connectivity index is 1.31. The number of rotatable bonds is 6. The summed E-state index contributed by atoms with van der Waals surface area (Å²) < 4.78 is 0. The van der Waals surface area contributed by atoms with Crippen LogP contribution in [-0.2, 0) is 10.8 Å². The van der Waals surface area contributed by atoms with Crippen LogP contribution < -0.4 is 0 Å². The molecular weight excluding hydrogens is 749 g/mol. The molecule has 0 aliphatic heterocycles. The maximum absolute atomic E-state index is 5.66. The molecule has 1 heterocycles. The zero-order valence-electron chi connectivity index (χ0n) is 35.5. The number of nitrogens with zero attached hydrogens (tertiary/aromatic N) is 2. The standard InChI is InChI=1S/C60H46N2/c1-5-21-48-39(3)40(4)49(22-6-2)59(48)52-34-17-18-35-53(52)60(50-32-15-13-29-45(50)46-30-14-16-33-51(46)60)57-47(31-20-36-54(57)59)58-61-55(42-25-11-8-12-26-42)38-56(62-58)44-28-19-27-43(37-44)41-23-9-7-10-24-41/h5-38H,1-4H3/b21-5-,22-6-. The lowest BCUT2D eigenvalue weighted by atomic mass is 9.51. The molecule has 7 aromatic carbocycles. The van der Waals surface area contributed by atoms with Crippen molar-refractivity contribution < 1.29 is 0 Å². The van der Waals surface area contributed by atoms with Gasteiger partial charge in [0.05, 0.1) is 22.2 Å². The Hall–Kier alpha value is -7.42. The predicted molar refractivity (Wildman–Crippen MR) is 257 cm³/mol. The Kier molecular flexibility index (Phi) is 8.87. The molecule has 2 spiro atoms. The maximum Gasteiger partial charge on any atom is 0.160 e. The molecule has 296 valence electrons. The third-order valence-electron chi connectivity index (χ3n) is 13.7. The summed E-state index contributed by atoms with van der Waals surface area (Å²) in [5, 5.41) is 0. The number of allylic oxidation sites excluding steroid dienone is 8. The molecule has 1 aromatic heterocycles. The van der Waals surface area contributed by atoms with E-state index in [0.29, 0.717) is 5.82 Å². The number of fused-ring (bicyclic) bond motifs is 11. The van der Waals surface area contributed by atoms with E-state index in [1.807, 2.05) is 0 Å². The molecule has 11 rings (SSSR count). The van der Waals surface area contributed by atoms with E-state index < -0.39 is 10.8 Å². The highest BCUT2D eigenvalue weighted by molar-refractivity contribution is 5.93. The van der Waals surface area contributed by atoms with Gasteiger partial charge in [-0.15, -0.1) is 0 Å². The highest BCUT2D eigenvalue weighted by Gasteiger charge is 2.59. The van der Waals surface area contributed by atoms with Gasteiger partial charge in [0.1, 0.15) is 0 Å². The number of benzene rings is 7. The molecule has 0 atom stereocenters. The molecule has 0 N–H and O–H groups in total. The second-order valence-electron chi connectivity index (χ2n) is 16.7. The summed E-state index contributed by atoms with van der Waals surface area (Å²) in [6.07, 6.45) is 9.15. The SMILES string of the molecule is C/C=C\C1=C(C)C(C)=C(/C=C\C)C12c1ccccc1C1(c3ccccc3-c3ccccc31)c1c(-c3nc(-c4ccccc4)cc(-c4cccc(-c5ccccc5)c4)n3)cccc12. The fraction of sp³-hybridized carbons (Fsp3) is 0.100. The van der Waals surface area contributed by atoms with Gasteiger partial charge in [-0.25, -0.2) is 9.97 Å². The third kappa shape index (κ3) is 5.23. The van der Waals surface area contributed by atoms with E-state index in [-0.39, 0.29) is 0 Å². The second-order valence-corrected chi connectivity index (χ2v) is 16.7. The van der Waals surface area contributed by atoms with Crippen molar-refractivity contribution in [2.45, 2.75) is 38.5 Å². The van der Waals surface area contributed by atoms with Gasteiger partial charge in [-0.1, -0.05) is 194 Å². The number of hydrogen-bond acceptors (Lipinski definition) is 2. The van der Waals surface area contributed by atoms with Crippen LogP contribution in [0.2, 0.25) is 0 Å². The van der Waals surface area contributed by atoms with E-state index in [4.69, 9.17) is 9.97 Å². The first kappa shape index (κ1) is 37.6. The molecule has 2 heteroatoms. The Morgan fingerprint density at radius 1 is 0.371 bits per heavy atom. The number of aromatic nitrogens is 2. The average Bonchev–Trinajstić information content (AvgIpc) is 3.74. The van der Waals surface area contributed by atoms with Crippen LogP contribution in [0.3, 0.4) is 0 Å². The summed E-state index contributed by atoms with van der Waals surface area (Å²) in [7, 11) is 0. The fourth-order valence-electron chi connectivity index (χ4n) is 11.2. The summed E-state index contributed by atoms with van der Waals surface area (Å²) in [5.41, 5.74) is 21.4. The highest BCUT2D eigenvalue weighted by Crippen LogP contribution is 2.68. The van der Waals surface area contributed by atoms with Crippen LogP contribution in [0.15, 0.2) is 229 Å². The second kappa shape index (κ2) is 14.6. The van der Waals surface area contributed by atoms with E-state index in [0.717, 1.165) is 33.6 Å². The lowest BCUT2D eigenvalue weighted by molar-refractivity contribution is 0.627. The Morgan fingerprint density at radius 2 is 0.806 bits per heavy atom. The number of hydrogen-bond donors (Lipinski definition) is 0. The minimum atomic E-state index is -0.674. The van der Waals surface area contributed by atoms with Gasteiger partial charge in [-0.05, 0) is 118 Å². The van der Waals surface area contributed by atoms with Gasteiger partial charge in [0.15, 0.2) is 5.82 Å². The van der Waals surface area contributed by atoms with Gasteiger partial charge in [-0.3, -0.25) is 0 Å². The van der Waals surface area contributed by atoms with Gasteiger partial charge in [-0.2, -0.15) is 0 Å².